The lowest BCUT2D eigenvalue weighted by atomic mass is 9.73. The second-order valence-electron chi connectivity index (χ2n) is 16.6. The van der Waals surface area contributed by atoms with Crippen LogP contribution in [0.1, 0.15) is 94.9 Å². The normalized spacial score (nSPS) is 49.8. The first-order valence-electron chi connectivity index (χ1n) is 18.7. The average molecular weight is 749 g/mol. The molecule has 3 aliphatic rings. The van der Waals surface area contributed by atoms with Crippen LogP contribution in [0.4, 0.5) is 0 Å². The number of ether oxygens (including phenoxy) is 6. The predicted octanol–water partition coefficient (Wildman–Crippen LogP) is 2.05. The highest BCUT2D eigenvalue weighted by atomic mass is 16.7. The number of hydrogen-bond donors (Lipinski definition) is 6. The fraction of sp³-hybridized carbons (Fsp3) is 0.946. The van der Waals surface area contributed by atoms with Gasteiger partial charge in [0, 0.05) is 37.3 Å². The third-order valence-electron chi connectivity index (χ3n) is 12.0. The van der Waals surface area contributed by atoms with Crippen LogP contribution in [0.15, 0.2) is 5.16 Å². The first kappa shape index (κ1) is 44.9. The maximum absolute atomic E-state index is 14.1. The molecule has 9 unspecified atom stereocenters. The molecule has 52 heavy (non-hydrogen) atoms. The Bertz CT molecular complexity index is 1200. The van der Waals surface area contributed by atoms with Crippen LogP contribution in [0.5, 0.6) is 0 Å². The van der Waals surface area contributed by atoms with E-state index in [0.29, 0.717) is 6.42 Å². The van der Waals surface area contributed by atoms with Crippen LogP contribution in [0.2, 0.25) is 0 Å². The second kappa shape index (κ2) is 17.5. The van der Waals surface area contributed by atoms with Crippen molar-refractivity contribution in [2.24, 2.45) is 28.8 Å². The number of hydrogen-bond acceptors (Lipinski definition) is 15. The number of nitrogens with zero attached hydrogens (tertiary/aromatic N) is 2. The van der Waals surface area contributed by atoms with E-state index in [1.165, 1.54) is 14.0 Å². The average Bonchev–Trinajstić information content (AvgIpc) is 3.06. The molecule has 3 aliphatic heterocycles. The van der Waals surface area contributed by atoms with Gasteiger partial charge in [0.05, 0.1) is 53.4 Å². The highest BCUT2D eigenvalue weighted by Crippen LogP contribution is 2.41. The molecule has 3 heterocycles. The Balaban J connectivity index is 2.21. The van der Waals surface area contributed by atoms with Gasteiger partial charge in [-0.3, -0.25) is 4.79 Å². The van der Waals surface area contributed by atoms with Crippen LogP contribution < -0.4 is 0 Å². The summed E-state index contributed by atoms with van der Waals surface area (Å²) in [5.74, 6) is -4.24. The zero-order chi connectivity index (χ0) is 39.7. The van der Waals surface area contributed by atoms with E-state index in [-0.39, 0.29) is 37.1 Å². The van der Waals surface area contributed by atoms with Gasteiger partial charge >= 0.3 is 5.97 Å². The second-order valence-corrected chi connectivity index (χ2v) is 16.6. The van der Waals surface area contributed by atoms with Crippen molar-refractivity contribution in [2.45, 2.75) is 179 Å². The lowest BCUT2D eigenvalue weighted by molar-refractivity contribution is -0.317. The first-order chi connectivity index (χ1) is 24.0. The van der Waals surface area contributed by atoms with Gasteiger partial charge in [0.15, 0.2) is 12.6 Å². The number of carbonyl (C=O) groups excluding carboxylic acids is 1. The molecule has 15 heteroatoms. The Morgan fingerprint density at radius 1 is 0.923 bits per heavy atom. The Labute approximate surface area is 309 Å². The third-order valence-corrected chi connectivity index (χ3v) is 12.0. The Morgan fingerprint density at radius 2 is 1.54 bits per heavy atom. The maximum Gasteiger partial charge on any atom is 0.311 e. The minimum atomic E-state index is -1.97. The smallest absolute Gasteiger partial charge is 0.311 e. The molecule has 15 nitrogen and oxygen atoms in total. The summed E-state index contributed by atoms with van der Waals surface area (Å²) in [6, 6.07) is -0.322. The molecule has 0 spiro atoms. The number of carbonyl (C=O) groups is 1. The van der Waals surface area contributed by atoms with Crippen LogP contribution in [0, 0.1) is 23.7 Å². The monoisotopic (exact) mass is 748 g/mol. The van der Waals surface area contributed by atoms with Crippen molar-refractivity contribution in [2.75, 3.05) is 21.2 Å². The van der Waals surface area contributed by atoms with Gasteiger partial charge < -0.3 is 64.1 Å². The lowest BCUT2D eigenvalue weighted by Gasteiger charge is -2.49. The number of methoxy groups -OCH3 is 1. The standard InChI is InChI=1S/C37H68N2O13/c1-14-25-37(10,45)30(41)20(4)27(38-46)18(2)16-35(8,44)32(52-34-28(40)24(39(11)12)15-19(3)48-34)21(5)29(22(6)33(43)50-25)51-26-17-36(9,47-13)31(42)23(7)49-26/h18-26,28-32,34,40-42,44-46H,14-17H2,1-13H3/b38-27+/t18-,19?,20+,21?,22-,23?,24?,25-,26?,28?,29+,30-,31?,32-,34?,35-,36?,37-/m1/s1. The maximum atomic E-state index is 14.1. The van der Waals surface area contributed by atoms with E-state index in [0.717, 1.165) is 0 Å². The molecule has 0 bridgehead atoms. The molecular formula is C37H68N2O13. The van der Waals surface area contributed by atoms with E-state index in [4.69, 9.17) is 28.4 Å². The summed E-state index contributed by atoms with van der Waals surface area (Å²) in [5.41, 5.74) is -4.68. The van der Waals surface area contributed by atoms with E-state index in [9.17, 15) is 35.5 Å². The Hall–Kier alpha value is -1.50. The molecular weight excluding hydrogens is 680 g/mol. The van der Waals surface area contributed by atoms with Gasteiger partial charge in [-0.25, -0.2) is 0 Å². The van der Waals surface area contributed by atoms with Gasteiger partial charge in [0.25, 0.3) is 0 Å². The van der Waals surface area contributed by atoms with E-state index in [2.05, 4.69) is 5.16 Å². The van der Waals surface area contributed by atoms with Gasteiger partial charge in [-0.15, -0.1) is 0 Å². The number of oxime groups is 1. The van der Waals surface area contributed by atoms with Crippen LogP contribution in [-0.2, 0) is 33.2 Å². The van der Waals surface area contributed by atoms with Gasteiger partial charge in [-0.2, -0.15) is 0 Å². The summed E-state index contributed by atoms with van der Waals surface area (Å²) in [6.07, 6.45) is -9.51. The number of aliphatic hydroxyl groups is 5. The van der Waals surface area contributed by atoms with Crippen LogP contribution in [-0.4, -0.2) is 153 Å². The fourth-order valence-electron chi connectivity index (χ4n) is 8.61. The van der Waals surface area contributed by atoms with Crippen LogP contribution in [0.25, 0.3) is 0 Å². The van der Waals surface area contributed by atoms with Gasteiger partial charge in [0.1, 0.15) is 23.9 Å². The molecule has 0 saturated carbocycles. The fourth-order valence-corrected chi connectivity index (χ4v) is 8.61. The number of likely N-dealkylation sites (N-methyl/N-ethyl adjacent to an activating group) is 1. The van der Waals surface area contributed by atoms with Crippen molar-refractivity contribution < 1.29 is 64.0 Å². The number of aliphatic hydroxyl groups excluding tert-OH is 3. The zero-order valence-electron chi connectivity index (χ0n) is 33.4. The molecule has 3 fully saturated rings. The quantitative estimate of drug-likeness (QED) is 0.125. The van der Waals surface area contributed by atoms with E-state index < -0.39 is 102 Å². The molecule has 0 amide bonds. The minimum Gasteiger partial charge on any atom is -0.459 e. The highest BCUT2D eigenvalue weighted by Gasteiger charge is 2.53. The van der Waals surface area contributed by atoms with Crippen molar-refractivity contribution >= 4 is 11.7 Å². The predicted molar refractivity (Wildman–Crippen MR) is 190 cm³/mol. The molecule has 6 N–H and O–H groups in total. The first-order valence-corrected chi connectivity index (χ1v) is 18.7. The van der Waals surface area contributed by atoms with Crippen molar-refractivity contribution in [3.63, 3.8) is 0 Å². The third kappa shape index (κ3) is 9.47. The highest BCUT2D eigenvalue weighted by molar-refractivity contribution is 5.88. The van der Waals surface area contributed by atoms with Crippen molar-refractivity contribution in [1.82, 2.24) is 4.90 Å². The summed E-state index contributed by atoms with van der Waals surface area (Å²) in [7, 11) is 5.19. The van der Waals surface area contributed by atoms with Gasteiger partial charge in [-0.1, -0.05) is 32.9 Å². The lowest BCUT2D eigenvalue weighted by Crippen LogP contribution is -2.61. The molecule has 3 saturated heterocycles. The summed E-state index contributed by atoms with van der Waals surface area (Å²) in [6.45, 7) is 16.6. The number of rotatable bonds is 7. The summed E-state index contributed by atoms with van der Waals surface area (Å²) < 4.78 is 37.2. The van der Waals surface area contributed by atoms with Gasteiger partial charge in [-0.05, 0) is 74.9 Å². The number of esters is 1. The van der Waals surface area contributed by atoms with Crippen LogP contribution in [0.3, 0.4) is 0 Å². The molecule has 0 radical (unpaired) electrons. The van der Waals surface area contributed by atoms with Crippen molar-refractivity contribution in [3.05, 3.63) is 0 Å². The molecule has 0 aromatic rings. The van der Waals surface area contributed by atoms with E-state index in [1.807, 2.05) is 25.9 Å². The SMILES string of the molecule is CC[C@H]1OC(=O)[C@H](C)[C@@H](OC2CC(C)(OC)C(O)C(C)O2)C(C)[C@@H](OC2OC(C)CC(N(C)C)C2O)[C@](C)(O)C[C@@H](C)/C(=N\O)[C@H](C)[C@@H](O)[C@]1(C)O. The van der Waals surface area contributed by atoms with Gasteiger partial charge in [0.2, 0.25) is 0 Å². The summed E-state index contributed by atoms with van der Waals surface area (Å²) >= 11 is 0. The molecule has 0 aromatic carbocycles. The summed E-state index contributed by atoms with van der Waals surface area (Å²) in [4.78, 5) is 16.0. The topological polar surface area (TPSA) is 209 Å². The largest absolute Gasteiger partial charge is 0.459 e. The minimum absolute atomic E-state index is 0.0657. The molecule has 0 aliphatic carbocycles. The van der Waals surface area contributed by atoms with E-state index >= 15 is 0 Å². The zero-order valence-corrected chi connectivity index (χ0v) is 33.4. The number of cyclic esters (lactones) is 1. The molecule has 18 atom stereocenters. The van der Waals surface area contributed by atoms with Crippen LogP contribution >= 0.6 is 0 Å². The van der Waals surface area contributed by atoms with Crippen molar-refractivity contribution in [3.8, 4) is 0 Å². The summed E-state index contributed by atoms with van der Waals surface area (Å²) in [5, 5.41) is 71.8. The Kier molecular flexibility index (Phi) is 15.1. The molecule has 3 rings (SSSR count). The molecule has 0 aromatic heterocycles. The van der Waals surface area contributed by atoms with E-state index in [1.54, 1.807) is 55.4 Å². The Morgan fingerprint density at radius 3 is 2.08 bits per heavy atom. The molecule has 304 valence electrons. The van der Waals surface area contributed by atoms with Crippen molar-refractivity contribution in [1.29, 1.82) is 0 Å².